The fraction of sp³-hybridized carbons (Fsp3) is 0.414. The fourth-order valence-corrected chi connectivity index (χ4v) is 2.95. The zero-order valence-electron chi connectivity index (χ0n) is 23.6. The maximum atomic E-state index is 12.7. The number of anilines is 1. The van der Waals surface area contributed by atoms with Gasteiger partial charge in [0, 0.05) is 12.2 Å². The number of urea groups is 1. The van der Waals surface area contributed by atoms with Crippen LogP contribution in [0, 0.1) is 10.8 Å². The molecule has 0 fully saturated rings. The summed E-state index contributed by atoms with van der Waals surface area (Å²) < 4.78 is 19.9. The Labute approximate surface area is 233 Å². The number of nitrogens with one attached hydrogen (secondary N) is 2. The number of benzene rings is 2. The van der Waals surface area contributed by atoms with Gasteiger partial charge in [0.2, 0.25) is 13.6 Å². The minimum atomic E-state index is -0.914. The molecule has 0 aliphatic heterocycles. The molecule has 0 saturated heterocycles. The lowest BCUT2D eigenvalue weighted by atomic mass is 9.97. The van der Waals surface area contributed by atoms with Crippen LogP contribution in [0.15, 0.2) is 48.5 Å². The first-order valence-electron chi connectivity index (χ1n) is 12.6. The highest BCUT2D eigenvalue weighted by Gasteiger charge is 2.25. The number of ether oxygens (including phenoxy) is 4. The SMILES string of the molecule is CC(C)(C)C(=O)OCOC(=O)c1cc(NC(=O)NCCc2ccccc2)cc(C(=O)OCOC(=O)C(C)(C)C)c1. The Morgan fingerprint density at radius 1 is 0.675 bits per heavy atom. The molecule has 0 saturated carbocycles. The van der Waals surface area contributed by atoms with Gasteiger partial charge in [0.25, 0.3) is 0 Å². The second-order valence-corrected chi connectivity index (χ2v) is 10.9. The first-order chi connectivity index (χ1) is 18.7. The smallest absolute Gasteiger partial charge is 0.341 e. The van der Waals surface area contributed by atoms with Crippen molar-refractivity contribution in [3.63, 3.8) is 0 Å². The summed E-state index contributed by atoms with van der Waals surface area (Å²) in [5, 5.41) is 5.27. The summed E-state index contributed by atoms with van der Waals surface area (Å²) in [7, 11) is 0. The summed E-state index contributed by atoms with van der Waals surface area (Å²) in [6.07, 6.45) is 0.596. The van der Waals surface area contributed by atoms with E-state index in [4.69, 9.17) is 18.9 Å². The molecule has 0 atom stereocenters. The molecule has 11 heteroatoms. The summed E-state index contributed by atoms with van der Waals surface area (Å²) in [6, 6.07) is 12.8. The molecule has 2 aromatic carbocycles. The number of carbonyl (C=O) groups is 5. The van der Waals surface area contributed by atoms with Crippen LogP contribution in [0.3, 0.4) is 0 Å². The first-order valence-corrected chi connectivity index (χ1v) is 12.6. The quantitative estimate of drug-likeness (QED) is 0.320. The maximum absolute atomic E-state index is 12.7. The van der Waals surface area contributed by atoms with Crippen molar-refractivity contribution in [3.05, 3.63) is 65.2 Å². The Hall–Kier alpha value is -4.41. The van der Waals surface area contributed by atoms with E-state index in [1.54, 1.807) is 41.5 Å². The van der Waals surface area contributed by atoms with E-state index in [-0.39, 0.29) is 16.8 Å². The molecule has 2 amide bonds. The molecular formula is C29H36N2O9. The monoisotopic (exact) mass is 556 g/mol. The number of carbonyl (C=O) groups excluding carboxylic acids is 5. The molecule has 0 spiro atoms. The van der Waals surface area contributed by atoms with Gasteiger partial charge in [0.15, 0.2) is 0 Å². The highest BCUT2D eigenvalue weighted by Crippen LogP contribution is 2.19. The summed E-state index contributed by atoms with van der Waals surface area (Å²) in [4.78, 5) is 61.7. The molecule has 40 heavy (non-hydrogen) atoms. The van der Waals surface area contributed by atoms with Crippen LogP contribution in [0.5, 0.6) is 0 Å². The molecule has 11 nitrogen and oxygen atoms in total. The van der Waals surface area contributed by atoms with E-state index < -0.39 is 54.3 Å². The average Bonchev–Trinajstić information content (AvgIpc) is 2.87. The van der Waals surface area contributed by atoms with Crippen LogP contribution in [0.4, 0.5) is 10.5 Å². The van der Waals surface area contributed by atoms with Crippen molar-refractivity contribution in [1.82, 2.24) is 5.32 Å². The van der Waals surface area contributed by atoms with Crippen molar-refractivity contribution in [1.29, 1.82) is 0 Å². The van der Waals surface area contributed by atoms with Crippen LogP contribution in [0.25, 0.3) is 0 Å². The van der Waals surface area contributed by atoms with Crippen molar-refractivity contribution < 1.29 is 42.9 Å². The lowest BCUT2D eigenvalue weighted by molar-refractivity contribution is -0.162. The first kappa shape index (κ1) is 31.8. The van der Waals surface area contributed by atoms with Crippen LogP contribution in [-0.4, -0.2) is 50.0 Å². The van der Waals surface area contributed by atoms with Gasteiger partial charge in [-0.05, 0) is 71.7 Å². The molecule has 2 rings (SSSR count). The molecule has 0 radical (unpaired) electrons. The minimum Gasteiger partial charge on any atom is -0.427 e. The fourth-order valence-electron chi connectivity index (χ4n) is 2.95. The van der Waals surface area contributed by atoms with E-state index in [0.717, 1.165) is 5.56 Å². The summed E-state index contributed by atoms with van der Waals surface area (Å²) in [5.74, 6) is -2.97. The number of esters is 4. The van der Waals surface area contributed by atoms with Gasteiger partial charge in [-0.2, -0.15) is 0 Å². The van der Waals surface area contributed by atoms with Crippen LogP contribution in [0.1, 0.15) is 67.8 Å². The Balaban J connectivity index is 2.11. The van der Waals surface area contributed by atoms with E-state index >= 15 is 0 Å². The van der Waals surface area contributed by atoms with Crippen molar-refractivity contribution in [2.75, 3.05) is 25.4 Å². The van der Waals surface area contributed by atoms with Gasteiger partial charge in [0.05, 0.1) is 22.0 Å². The Morgan fingerprint density at radius 2 is 1.15 bits per heavy atom. The Morgan fingerprint density at radius 3 is 1.60 bits per heavy atom. The normalized spacial score (nSPS) is 11.2. The van der Waals surface area contributed by atoms with Gasteiger partial charge >= 0.3 is 29.9 Å². The minimum absolute atomic E-state index is 0.0944. The van der Waals surface area contributed by atoms with Gasteiger partial charge in [-0.3, -0.25) is 9.59 Å². The third kappa shape index (κ3) is 10.8. The molecular weight excluding hydrogens is 520 g/mol. The molecule has 0 aromatic heterocycles. The lowest BCUT2D eigenvalue weighted by Gasteiger charge is -2.17. The second kappa shape index (κ2) is 14.1. The maximum Gasteiger partial charge on any atom is 0.341 e. The van der Waals surface area contributed by atoms with Crippen LogP contribution in [-0.2, 0) is 35.0 Å². The van der Waals surface area contributed by atoms with Gasteiger partial charge in [0.1, 0.15) is 0 Å². The van der Waals surface area contributed by atoms with Gasteiger partial charge < -0.3 is 29.6 Å². The van der Waals surface area contributed by atoms with Crippen LogP contribution < -0.4 is 10.6 Å². The number of hydrogen-bond acceptors (Lipinski definition) is 9. The Bertz CT molecular complexity index is 1150. The predicted octanol–water partition coefficient (Wildman–Crippen LogP) is 4.46. The molecule has 2 aromatic rings. The second-order valence-electron chi connectivity index (χ2n) is 10.9. The molecule has 0 heterocycles. The highest BCUT2D eigenvalue weighted by molar-refractivity contribution is 5.99. The molecule has 216 valence electrons. The molecule has 2 N–H and O–H groups in total. The largest absolute Gasteiger partial charge is 0.427 e. The molecule has 0 aliphatic rings. The van der Waals surface area contributed by atoms with E-state index in [0.29, 0.717) is 13.0 Å². The molecule has 0 bridgehead atoms. The van der Waals surface area contributed by atoms with Crippen molar-refractivity contribution >= 4 is 35.6 Å². The van der Waals surface area contributed by atoms with E-state index in [9.17, 15) is 24.0 Å². The lowest BCUT2D eigenvalue weighted by Crippen LogP contribution is -2.30. The molecule has 0 unspecified atom stereocenters. The van der Waals surface area contributed by atoms with Gasteiger partial charge in [-0.15, -0.1) is 0 Å². The molecule has 0 aliphatic carbocycles. The number of rotatable bonds is 10. The van der Waals surface area contributed by atoms with E-state index in [2.05, 4.69) is 10.6 Å². The number of amides is 2. The zero-order chi connectivity index (χ0) is 29.9. The third-order valence-corrected chi connectivity index (χ3v) is 5.19. The van der Waals surface area contributed by atoms with E-state index in [1.807, 2.05) is 30.3 Å². The topological polar surface area (TPSA) is 146 Å². The van der Waals surface area contributed by atoms with Crippen molar-refractivity contribution in [3.8, 4) is 0 Å². The van der Waals surface area contributed by atoms with E-state index in [1.165, 1.54) is 18.2 Å². The average molecular weight is 557 g/mol. The highest BCUT2D eigenvalue weighted by atomic mass is 16.7. The zero-order valence-corrected chi connectivity index (χ0v) is 23.6. The summed E-state index contributed by atoms with van der Waals surface area (Å²) >= 11 is 0. The van der Waals surface area contributed by atoms with Crippen LogP contribution in [0.2, 0.25) is 0 Å². The number of hydrogen-bond donors (Lipinski definition) is 2. The van der Waals surface area contributed by atoms with Gasteiger partial charge in [-0.25, -0.2) is 14.4 Å². The van der Waals surface area contributed by atoms with Crippen molar-refractivity contribution in [2.24, 2.45) is 10.8 Å². The summed E-state index contributed by atoms with van der Waals surface area (Å²) in [6.45, 7) is 8.93. The Kier molecular flexibility index (Phi) is 11.2. The standard InChI is InChI=1S/C29H36N2O9/c1-28(2,3)25(34)39-17-37-23(32)20-14-21(24(33)38-18-40-26(35)29(4,5)6)16-22(15-20)31-27(36)30-13-12-19-10-8-7-9-11-19/h7-11,14-16H,12-13,17-18H2,1-6H3,(H2,30,31,36). The van der Waals surface area contributed by atoms with Gasteiger partial charge in [-0.1, -0.05) is 30.3 Å². The summed E-state index contributed by atoms with van der Waals surface area (Å²) in [5.41, 5.74) is -0.691. The predicted molar refractivity (Wildman–Crippen MR) is 145 cm³/mol. The van der Waals surface area contributed by atoms with Crippen LogP contribution >= 0.6 is 0 Å². The third-order valence-electron chi connectivity index (χ3n) is 5.19. The van der Waals surface area contributed by atoms with Crippen molar-refractivity contribution in [2.45, 2.75) is 48.0 Å².